The summed E-state index contributed by atoms with van der Waals surface area (Å²) in [6, 6.07) is 11.5. The summed E-state index contributed by atoms with van der Waals surface area (Å²) in [7, 11) is 1.58. The summed E-state index contributed by atoms with van der Waals surface area (Å²) in [5.41, 5.74) is 1.75. The first-order valence-electron chi connectivity index (χ1n) is 12.3. The van der Waals surface area contributed by atoms with E-state index in [2.05, 4.69) is 20.5 Å². The van der Waals surface area contributed by atoms with E-state index in [9.17, 15) is 14.0 Å². The van der Waals surface area contributed by atoms with Crippen LogP contribution in [0.15, 0.2) is 42.5 Å². The van der Waals surface area contributed by atoms with Crippen LogP contribution >= 0.6 is 22.9 Å². The molecule has 2 aliphatic rings. The lowest BCUT2D eigenvalue weighted by molar-refractivity contribution is -0.123. The number of thiazole rings is 1. The van der Waals surface area contributed by atoms with Crippen molar-refractivity contribution < 1.29 is 18.7 Å². The van der Waals surface area contributed by atoms with Gasteiger partial charge < -0.3 is 10.1 Å². The van der Waals surface area contributed by atoms with Crippen molar-refractivity contribution in [3.8, 4) is 5.75 Å². The summed E-state index contributed by atoms with van der Waals surface area (Å²) in [5, 5.41) is 6.97. The molecular weight excluding hydrogens is 515 g/mol. The van der Waals surface area contributed by atoms with Crippen LogP contribution < -0.4 is 15.4 Å². The Labute approximate surface area is 224 Å². The fraction of sp³-hybridized carbons (Fsp3) is 0.370. The number of rotatable bonds is 7. The highest BCUT2D eigenvalue weighted by Gasteiger charge is 2.33. The smallest absolute Gasteiger partial charge is 0.257 e. The number of hydrogen-bond donors (Lipinski definition) is 2. The number of carbonyl (C=O) groups is 2. The molecule has 0 bridgehead atoms. The second kappa shape index (κ2) is 11.2. The Morgan fingerprint density at radius 3 is 2.78 bits per heavy atom. The molecule has 5 rings (SSSR count). The van der Waals surface area contributed by atoms with Gasteiger partial charge in [0, 0.05) is 46.7 Å². The minimum absolute atomic E-state index is 0.0173. The first-order chi connectivity index (χ1) is 17.9. The van der Waals surface area contributed by atoms with E-state index in [-0.39, 0.29) is 29.6 Å². The van der Waals surface area contributed by atoms with Gasteiger partial charge in [-0.05, 0) is 62.1 Å². The number of likely N-dealkylation sites (tertiary alicyclic amines) is 1. The van der Waals surface area contributed by atoms with Crippen LogP contribution in [0.1, 0.15) is 51.7 Å². The molecule has 7 nitrogen and oxygen atoms in total. The van der Waals surface area contributed by atoms with Crippen LogP contribution in [-0.4, -0.2) is 47.9 Å². The van der Waals surface area contributed by atoms with Gasteiger partial charge in [0.15, 0.2) is 5.13 Å². The van der Waals surface area contributed by atoms with E-state index in [0.717, 1.165) is 42.8 Å². The molecule has 1 aromatic heterocycles. The Kier molecular flexibility index (Phi) is 7.73. The van der Waals surface area contributed by atoms with Gasteiger partial charge in [-0.2, -0.15) is 0 Å². The van der Waals surface area contributed by atoms with Gasteiger partial charge in [-0.15, -0.1) is 11.3 Å². The molecule has 2 heterocycles. The van der Waals surface area contributed by atoms with Crippen LogP contribution in [0.3, 0.4) is 0 Å². The number of anilines is 1. The highest BCUT2D eigenvalue weighted by Crippen LogP contribution is 2.37. The molecule has 2 atom stereocenters. The second-order valence-electron chi connectivity index (χ2n) is 9.38. The van der Waals surface area contributed by atoms with Crippen molar-refractivity contribution in [3.05, 3.63) is 75.0 Å². The van der Waals surface area contributed by atoms with Gasteiger partial charge in [-0.3, -0.25) is 19.8 Å². The molecule has 1 aliphatic carbocycles. The normalized spacial score (nSPS) is 19.3. The largest absolute Gasteiger partial charge is 0.497 e. The average molecular weight is 543 g/mol. The van der Waals surface area contributed by atoms with Crippen molar-refractivity contribution in [2.75, 3.05) is 25.5 Å². The van der Waals surface area contributed by atoms with E-state index in [1.807, 2.05) is 0 Å². The fourth-order valence-corrected chi connectivity index (χ4v) is 6.22. The Morgan fingerprint density at radius 2 is 2.03 bits per heavy atom. The van der Waals surface area contributed by atoms with Crippen LogP contribution in [-0.2, 0) is 17.8 Å². The number of methoxy groups -OCH3 is 1. The number of benzene rings is 2. The minimum atomic E-state index is -0.346. The molecule has 2 amide bonds. The van der Waals surface area contributed by atoms with E-state index in [0.29, 0.717) is 40.1 Å². The predicted molar refractivity (Wildman–Crippen MR) is 142 cm³/mol. The number of aromatic nitrogens is 1. The van der Waals surface area contributed by atoms with Crippen LogP contribution in [0.25, 0.3) is 0 Å². The fourth-order valence-electron chi connectivity index (χ4n) is 4.94. The van der Waals surface area contributed by atoms with Crippen molar-refractivity contribution >= 4 is 39.9 Å². The van der Waals surface area contributed by atoms with Crippen LogP contribution in [0, 0.1) is 5.82 Å². The molecule has 1 saturated heterocycles. The monoisotopic (exact) mass is 542 g/mol. The summed E-state index contributed by atoms with van der Waals surface area (Å²) in [4.78, 5) is 33.7. The zero-order valence-corrected chi connectivity index (χ0v) is 22.0. The molecule has 1 fully saturated rings. The van der Waals surface area contributed by atoms with Gasteiger partial charge >= 0.3 is 0 Å². The summed E-state index contributed by atoms with van der Waals surface area (Å²) in [5.74, 6) is -0.280. The zero-order valence-electron chi connectivity index (χ0n) is 20.4. The number of ether oxygens (including phenoxy) is 1. The van der Waals surface area contributed by atoms with Crippen LogP contribution in [0.5, 0.6) is 5.75 Å². The number of nitrogens with zero attached hydrogens (tertiary/aromatic N) is 2. The van der Waals surface area contributed by atoms with Gasteiger partial charge in [-0.1, -0.05) is 17.7 Å². The lowest BCUT2D eigenvalue weighted by Gasteiger charge is -2.23. The summed E-state index contributed by atoms with van der Waals surface area (Å²) in [6.45, 7) is 1.80. The number of carbonyl (C=O) groups excluding carboxylic acids is 2. The number of halogens is 2. The Bertz CT molecular complexity index is 1280. The molecular formula is C27H28ClFN4O3S. The molecule has 0 radical (unpaired) electrons. The first-order valence-corrected chi connectivity index (χ1v) is 13.5. The summed E-state index contributed by atoms with van der Waals surface area (Å²) >= 11 is 7.62. The maximum atomic E-state index is 14.2. The summed E-state index contributed by atoms with van der Waals surface area (Å²) < 4.78 is 19.3. The van der Waals surface area contributed by atoms with E-state index >= 15 is 0 Å². The van der Waals surface area contributed by atoms with Gasteiger partial charge in [0.05, 0.1) is 18.7 Å². The molecule has 10 heteroatoms. The van der Waals surface area contributed by atoms with Gasteiger partial charge in [0.1, 0.15) is 11.6 Å². The van der Waals surface area contributed by atoms with E-state index in [1.54, 1.807) is 43.5 Å². The third-order valence-corrected chi connectivity index (χ3v) is 8.31. The quantitative estimate of drug-likeness (QED) is 0.438. The zero-order chi connectivity index (χ0) is 25.9. The Morgan fingerprint density at radius 1 is 1.22 bits per heavy atom. The van der Waals surface area contributed by atoms with Crippen molar-refractivity contribution in [1.82, 2.24) is 15.2 Å². The van der Waals surface area contributed by atoms with E-state index < -0.39 is 0 Å². The van der Waals surface area contributed by atoms with Crippen molar-refractivity contribution in [2.45, 2.75) is 44.2 Å². The standard InChI is InChI=1S/C27H28ClFN4O3S/c1-36-18-10-8-16(9-11-18)25(34)32-27-31-24-19(4-2-7-23(24)37-27)26(35)30-17-12-13-33(14-17)15-20-21(28)5-3-6-22(20)29/h3,5-6,8-11,17,19H,2,4,7,12-15H2,1H3,(H,30,35)(H,31,32,34). The number of fused-ring (bicyclic) bond motifs is 1. The topological polar surface area (TPSA) is 83.6 Å². The highest BCUT2D eigenvalue weighted by atomic mass is 35.5. The number of hydrogen-bond acceptors (Lipinski definition) is 6. The van der Waals surface area contributed by atoms with Crippen LogP contribution in [0.2, 0.25) is 5.02 Å². The third-order valence-electron chi connectivity index (χ3n) is 6.91. The molecule has 2 aromatic carbocycles. The Balaban J connectivity index is 1.20. The molecule has 0 spiro atoms. The van der Waals surface area contributed by atoms with Crippen molar-refractivity contribution in [3.63, 3.8) is 0 Å². The molecule has 1 aliphatic heterocycles. The SMILES string of the molecule is COc1ccc(C(=O)Nc2nc3c(s2)CCCC3C(=O)NC2CCN(Cc3c(F)cccc3Cl)C2)cc1. The number of aryl methyl sites for hydroxylation is 1. The maximum absolute atomic E-state index is 14.2. The van der Waals surface area contributed by atoms with Crippen molar-refractivity contribution in [1.29, 1.82) is 0 Å². The molecule has 2 N–H and O–H groups in total. The molecule has 37 heavy (non-hydrogen) atoms. The number of amides is 2. The third kappa shape index (κ3) is 5.79. The molecule has 2 unspecified atom stereocenters. The van der Waals surface area contributed by atoms with Gasteiger partial charge in [0.25, 0.3) is 5.91 Å². The number of nitrogens with one attached hydrogen (secondary N) is 2. The minimum Gasteiger partial charge on any atom is -0.497 e. The van der Waals surface area contributed by atoms with E-state index in [1.165, 1.54) is 17.4 Å². The van der Waals surface area contributed by atoms with E-state index in [4.69, 9.17) is 16.3 Å². The lowest BCUT2D eigenvalue weighted by atomic mass is 9.90. The average Bonchev–Trinajstić information content (AvgIpc) is 3.52. The Hall–Kier alpha value is -3.01. The van der Waals surface area contributed by atoms with Crippen molar-refractivity contribution in [2.24, 2.45) is 0 Å². The molecule has 194 valence electrons. The van der Waals surface area contributed by atoms with Gasteiger partial charge in [0.2, 0.25) is 5.91 Å². The van der Waals surface area contributed by atoms with Crippen LogP contribution in [0.4, 0.5) is 9.52 Å². The molecule has 0 saturated carbocycles. The lowest BCUT2D eigenvalue weighted by Crippen LogP contribution is -2.40. The molecule has 3 aromatic rings. The predicted octanol–water partition coefficient (Wildman–Crippen LogP) is 5.01. The summed E-state index contributed by atoms with van der Waals surface area (Å²) in [6.07, 6.45) is 3.24. The maximum Gasteiger partial charge on any atom is 0.257 e. The van der Waals surface area contributed by atoms with Gasteiger partial charge in [-0.25, -0.2) is 9.37 Å². The first kappa shape index (κ1) is 25.6. The highest BCUT2D eigenvalue weighted by molar-refractivity contribution is 7.16. The second-order valence-corrected chi connectivity index (χ2v) is 10.9.